The predicted octanol–water partition coefficient (Wildman–Crippen LogP) is 4.64. The van der Waals surface area contributed by atoms with Crippen molar-refractivity contribution in [3.05, 3.63) is 142 Å². The molecule has 25 heteroatoms. The zero-order valence-corrected chi connectivity index (χ0v) is 47.6. The van der Waals surface area contributed by atoms with Gasteiger partial charge < -0.3 is 56.1 Å². The molecule has 22 nitrogen and oxygen atoms in total. The normalized spacial score (nSPS) is 20.5. The summed E-state index contributed by atoms with van der Waals surface area (Å²) in [5.41, 5.74) is 3.32. The molecule has 1 aromatic heterocycles. The van der Waals surface area contributed by atoms with Gasteiger partial charge in [-0.15, -0.1) is 0 Å². The zero-order valence-electron chi connectivity index (χ0n) is 46.7. The predicted molar refractivity (Wildman–Crippen MR) is 307 cm³/mol. The number of hydrogen-bond donors (Lipinski definition) is 8. The van der Waals surface area contributed by atoms with Crippen LogP contribution in [0, 0.1) is 17.8 Å². The van der Waals surface area contributed by atoms with Crippen molar-refractivity contribution >= 4 is 71.8 Å². The largest absolute Gasteiger partial charge is 0.399 e. The van der Waals surface area contributed by atoms with Gasteiger partial charge in [0.1, 0.15) is 29.9 Å². The number of benzene rings is 4. The molecule has 2 unspecified atom stereocenters. The van der Waals surface area contributed by atoms with Crippen LogP contribution in [0.15, 0.2) is 103 Å². The second-order valence-electron chi connectivity index (χ2n) is 22.4. The lowest BCUT2D eigenvalue weighted by Crippen LogP contribution is -2.63. The molecule has 4 fully saturated rings. The summed E-state index contributed by atoms with van der Waals surface area (Å²) in [5, 5.41) is 10.9. The van der Waals surface area contributed by atoms with E-state index in [2.05, 4.69) is 38.1 Å². The molecule has 0 spiro atoms. The molecule has 0 aliphatic carbocycles. The Morgan fingerprint density at radius 3 is 2.19 bits per heavy atom. The SMILES string of the molecule is NC(=O)CCC(NC(=O)[C@@H]1CC[C@@H]2CCN(C(=O)N3CCC(CCC#Cc4cccc5c4CN(C4CCC(=O)NC4=O)C5=O)CC3)C[C@H](NC(=O)c3cc4cc(C(F)(F)P(=O)(O)O)ccc4[nH]3)C(=O)N21)C(=O)NC(c1ccccc1)c1ccccc1. The van der Waals surface area contributed by atoms with E-state index in [1.54, 1.807) is 17.0 Å². The van der Waals surface area contributed by atoms with Crippen LogP contribution in [0.1, 0.15) is 125 Å². The van der Waals surface area contributed by atoms with E-state index in [-0.39, 0.29) is 98.5 Å². The summed E-state index contributed by atoms with van der Waals surface area (Å²) < 4.78 is 41.3. The van der Waals surface area contributed by atoms with Crippen LogP contribution in [0.3, 0.4) is 0 Å². The van der Waals surface area contributed by atoms with E-state index in [0.717, 1.165) is 41.3 Å². The van der Waals surface area contributed by atoms with Crippen LogP contribution >= 0.6 is 7.60 Å². The van der Waals surface area contributed by atoms with Crippen LogP contribution in [0.25, 0.3) is 10.9 Å². The van der Waals surface area contributed by atoms with Gasteiger partial charge in [-0.25, -0.2) is 4.79 Å². The van der Waals surface area contributed by atoms with Gasteiger partial charge >= 0.3 is 19.3 Å². The molecular formula is C61H65F2N10O12P. The summed E-state index contributed by atoms with van der Waals surface area (Å²) in [6, 6.07) is 21.2. The van der Waals surface area contributed by atoms with E-state index < -0.39 is 90.5 Å². The number of rotatable bonds is 16. The first-order valence-corrected chi connectivity index (χ1v) is 30.2. The van der Waals surface area contributed by atoms with Crippen molar-refractivity contribution in [2.24, 2.45) is 11.7 Å². The molecule has 450 valence electrons. The number of H-pyrrole nitrogens is 1. The number of fused-ring (bicyclic) bond motifs is 3. The fourth-order valence-corrected chi connectivity index (χ4v) is 12.7. The number of amides is 10. The van der Waals surface area contributed by atoms with Gasteiger partial charge in [0.15, 0.2) is 0 Å². The molecular weight excluding hydrogens is 1130 g/mol. The van der Waals surface area contributed by atoms with E-state index in [0.29, 0.717) is 49.9 Å². The first kappa shape index (κ1) is 60.3. The number of nitrogens with one attached hydrogen (secondary N) is 5. The third-order valence-electron chi connectivity index (χ3n) is 16.9. The quantitative estimate of drug-likeness (QED) is 0.0381. The van der Waals surface area contributed by atoms with Crippen molar-refractivity contribution in [1.29, 1.82) is 0 Å². The van der Waals surface area contributed by atoms with Crippen LogP contribution in [0.5, 0.6) is 0 Å². The molecule has 9 N–H and O–H groups in total. The van der Waals surface area contributed by atoms with E-state index in [4.69, 9.17) is 5.73 Å². The highest BCUT2D eigenvalue weighted by Gasteiger charge is 2.51. The Hall–Kier alpha value is -8.78. The number of imide groups is 1. The highest BCUT2D eigenvalue weighted by atomic mass is 31.2. The maximum Gasteiger partial charge on any atom is 0.399 e. The number of likely N-dealkylation sites (tertiary alicyclic amines) is 1. The molecule has 4 aromatic carbocycles. The Morgan fingerprint density at radius 1 is 0.814 bits per heavy atom. The first-order valence-electron chi connectivity index (χ1n) is 28.6. The van der Waals surface area contributed by atoms with Crippen molar-refractivity contribution in [2.45, 2.75) is 119 Å². The third-order valence-corrected chi connectivity index (χ3v) is 17.9. The molecule has 5 aliphatic heterocycles. The maximum atomic E-state index is 15.2. The fourth-order valence-electron chi connectivity index (χ4n) is 12.2. The second kappa shape index (κ2) is 25.4. The number of hydrogen-bond acceptors (Lipinski definition) is 10. The van der Waals surface area contributed by atoms with Crippen LogP contribution in [-0.4, -0.2) is 144 Å². The van der Waals surface area contributed by atoms with Gasteiger partial charge in [-0.05, 0) is 104 Å². The molecule has 0 bridgehead atoms. The number of carbonyl (C=O) groups is 9. The molecule has 0 saturated carbocycles. The van der Waals surface area contributed by atoms with Crippen LogP contribution in [0.4, 0.5) is 13.6 Å². The summed E-state index contributed by atoms with van der Waals surface area (Å²) in [6.45, 7) is 0.710. The summed E-state index contributed by atoms with van der Waals surface area (Å²) in [5.74, 6) is 1.87. The monoisotopic (exact) mass is 1200 g/mol. The molecule has 10 rings (SSSR count). The standard InChI is InChI=1S/C61H65F2N10O12P/c62-61(63,86(83,84)85)41-18-20-45-40(32-41)33-47(65-45)55(77)67-48-35-71(60(82)70-29-26-36(27-30-70)10-7-8-11-37-16-9-17-43-44(37)34-72(58(43)80)49-23-25-52(75)68-56(49)78)31-28-42-19-22-50(73(42)59(48)81)57(79)66-46(21-24-51(64)74)54(76)69-53(38-12-3-1-4-13-38)39-14-5-2-6-15-39/h1-6,9,12-18,20,32-33,36,42,46,48-50,53,65H,7,10,19,21-31,34-35H2,(H2,64,74)(H,66,79)(H,67,77)(H,69,76)(H,68,75,78)(H2,83,84,85)/t42-,46?,48+,49?,50+/m1/s1. The van der Waals surface area contributed by atoms with Gasteiger partial charge in [0.2, 0.25) is 35.4 Å². The smallest absolute Gasteiger partial charge is 0.370 e. The third kappa shape index (κ3) is 13.0. The molecule has 4 saturated heterocycles. The van der Waals surface area contributed by atoms with Gasteiger partial charge in [0.25, 0.3) is 11.8 Å². The summed E-state index contributed by atoms with van der Waals surface area (Å²) in [4.78, 5) is 150. The zero-order chi connectivity index (χ0) is 61.0. The summed E-state index contributed by atoms with van der Waals surface area (Å²) in [7, 11) is -5.94. The minimum atomic E-state index is -5.94. The maximum absolute atomic E-state index is 15.2. The molecule has 6 heterocycles. The molecule has 5 atom stereocenters. The Bertz CT molecular complexity index is 3560. The summed E-state index contributed by atoms with van der Waals surface area (Å²) in [6.07, 6.45) is 3.17. The Labute approximate surface area is 493 Å². The Morgan fingerprint density at radius 2 is 1.51 bits per heavy atom. The first-order chi connectivity index (χ1) is 41.1. The van der Waals surface area contributed by atoms with Crippen LogP contribution < -0.4 is 27.0 Å². The van der Waals surface area contributed by atoms with Gasteiger partial charge in [0.05, 0.1) is 12.6 Å². The molecule has 86 heavy (non-hydrogen) atoms. The minimum Gasteiger partial charge on any atom is -0.370 e. The van der Waals surface area contributed by atoms with Crippen molar-refractivity contribution in [2.75, 3.05) is 26.2 Å². The topological polar surface area (TPSA) is 314 Å². The molecule has 5 aromatic rings. The number of primary amides is 1. The van der Waals surface area contributed by atoms with Crippen molar-refractivity contribution in [3.8, 4) is 11.8 Å². The average Bonchev–Trinajstić information content (AvgIpc) is 2.33. The van der Waals surface area contributed by atoms with Gasteiger partial charge in [-0.2, -0.15) is 8.78 Å². The van der Waals surface area contributed by atoms with E-state index >= 15 is 4.79 Å². The van der Waals surface area contributed by atoms with Crippen LogP contribution in [0.2, 0.25) is 0 Å². The van der Waals surface area contributed by atoms with Crippen molar-refractivity contribution in [3.63, 3.8) is 0 Å². The van der Waals surface area contributed by atoms with E-state index in [1.807, 2.05) is 66.7 Å². The lowest BCUT2D eigenvalue weighted by molar-refractivity contribution is -0.143. The molecule has 5 aliphatic rings. The summed E-state index contributed by atoms with van der Waals surface area (Å²) >= 11 is 0. The molecule has 0 radical (unpaired) electrons. The lowest BCUT2D eigenvalue weighted by atomic mass is 9.92. The Balaban J connectivity index is 0.833. The van der Waals surface area contributed by atoms with Crippen LogP contribution in [-0.2, 0) is 45.5 Å². The average molecular weight is 1200 g/mol. The van der Waals surface area contributed by atoms with Gasteiger partial charge in [-0.1, -0.05) is 84.6 Å². The van der Waals surface area contributed by atoms with Gasteiger partial charge in [-0.3, -0.25) is 48.2 Å². The second-order valence-corrected chi connectivity index (χ2v) is 24.1. The van der Waals surface area contributed by atoms with E-state index in [9.17, 15) is 61.5 Å². The highest BCUT2D eigenvalue weighted by Crippen LogP contribution is 2.59. The number of aromatic amines is 1. The number of aromatic nitrogens is 1. The molecule has 10 amide bonds. The number of carbonyl (C=O) groups excluding carboxylic acids is 9. The van der Waals surface area contributed by atoms with E-state index in [1.165, 1.54) is 20.8 Å². The number of piperidine rings is 2. The number of nitrogens with two attached hydrogens (primary N) is 1. The number of nitrogens with zero attached hydrogens (tertiary/aromatic N) is 4. The lowest BCUT2D eigenvalue weighted by Gasteiger charge is -2.41. The highest BCUT2D eigenvalue weighted by molar-refractivity contribution is 7.52. The number of urea groups is 1. The van der Waals surface area contributed by atoms with Gasteiger partial charge in [0, 0.05) is 79.1 Å². The van der Waals surface area contributed by atoms with Crippen molar-refractivity contribution in [1.82, 2.24) is 45.9 Å². The fraction of sp³-hybridized carbons (Fsp3) is 0.393. The Kier molecular flexibility index (Phi) is 17.8. The number of halogens is 2. The number of alkyl halides is 2. The van der Waals surface area contributed by atoms with Crippen molar-refractivity contribution < 1.29 is 66.3 Å². The minimum absolute atomic E-state index is 0.000664.